The highest BCUT2D eigenvalue weighted by molar-refractivity contribution is 5.22. The van der Waals surface area contributed by atoms with Crippen molar-refractivity contribution >= 4 is 0 Å². The fourth-order valence-corrected chi connectivity index (χ4v) is 1.46. The molecular weight excluding hydrogens is 202 g/mol. The summed E-state index contributed by atoms with van der Waals surface area (Å²) in [6.07, 6.45) is 1.07. The summed E-state index contributed by atoms with van der Waals surface area (Å²) < 4.78 is 5.36. The van der Waals surface area contributed by atoms with Gasteiger partial charge in [-0.15, -0.1) is 0 Å². The summed E-state index contributed by atoms with van der Waals surface area (Å²) in [7, 11) is 0. The van der Waals surface area contributed by atoms with Crippen molar-refractivity contribution in [3.63, 3.8) is 0 Å². The summed E-state index contributed by atoms with van der Waals surface area (Å²) in [5.41, 5.74) is 2.16. The number of aliphatic hydroxyl groups is 1. The first-order chi connectivity index (χ1) is 7.86. The van der Waals surface area contributed by atoms with Crippen LogP contribution < -0.4 is 5.32 Å². The van der Waals surface area contributed by atoms with Crippen molar-refractivity contribution in [2.45, 2.75) is 26.5 Å². The van der Waals surface area contributed by atoms with Crippen LogP contribution in [-0.4, -0.2) is 24.9 Å². The molecule has 0 aliphatic rings. The number of hydrogen-bond acceptors (Lipinski definition) is 3. The Morgan fingerprint density at radius 3 is 2.81 bits per heavy atom. The summed E-state index contributed by atoms with van der Waals surface area (Å²) in [5.74, 6) is 0. The minimum Gasteiger partial charge on any atom is -0.392 e. The molecule has 0 saturated carbocycles. The maximum atomic E-state index is 8.99. The third-order valence-electron chi connectivity index (χ3n) is 2.27. The Kier molecular flexibility index (Phi) is 6.81. The molecule has 0 radical (unpaired) electrons. The smallest absolute Gasteiger partial charge is 0.0681 e. The summed E-state index contributed by atoms with van der Waals surface area (Å²) in [4.78, 5) is 0. The van der Waals surface area contributed by atoms with E-state index < -0.39 is 0 Å². The van der Waals surface area contributed by atoms with Crippen LogP contribution in [0.1, 0.15) is 24.5 Å². The van der Waals surface area contributed by atoms with Gasteiger partial charge in [0, 0.05) is 19.7 Å². The van der Waals surface area contributed by atoms with Crippen molar-refractivity contribution < 1.29 is 9.84 Å². The zero-order valence-electron chi connectivity index (χ0n) is 9.91. The molecule has 0 amide bonds. The third-order valence-corrected chi connectivity index (χ3v) is 2.27. The highest BCUT2D eigenvalue weighted by Gasteiger charge is 1.94. The molecule has 0 fully saturated rings. The Morgan fingerprint density at radius 2 is 2.06 bits per heavy atom. The summed E-state index contributed by atoms with van der Waals surface area (Å²) in [6, 6.07) is 7.96. The van der Waals surface area contributed by atoms with E-state index in [0.717, 1.165) is 38.3 Å². The monoisotopic (exact) mass is 223 g/mol. The zero-order valence-corrected chi connectivity index (χ0v) is 9.91. The second-order valence-electron chi connectivity index (χ2n) is 3.77. The molecule has 16 heavy (non-hydrogen) atoms. The topological polar surface area (TPSA) is 41.5 Å². The average Bonchev–Trinajstić information content (AvgIpc) is 2.34. The van der Waals surface area contributed by atoms with Gasteiger partial charge in [-0.05, 0) is 17.5 Å². The highest BCUT2D eigenvalue weighted by Crippen LogP contribution is 2.04. The van der Waals surface area contributed by atoms with Crippen molar-refractivity contribution in [3.8, 4) is 0 Å². The molecule has 0 aliphatic heterocycles. The molecule has 90 valence electrons. The second-order valence-corrected chi connectivity index (χ2v) is 3.77. The molecular formula is C13H21NO2. The van der Waals surface area contributed by atoms with Gasteiger partial charge in [-0.25, -0.2) is 0 Å². The van der Waals surface area contributed by atoms with Crippen LogP contribution in [0.2, 0.25) is 0 Å². The normalized spacial score (nSPS) is 10.6. The van der Waals surface area contributed by atoms with Crippen molar-refractivity contribution in [2.75, 3.05) is 19.8 Å². The number of nitrogens with one attached hydrogen (secondary N) is 1. The van der Waals surface area contributed by atoms with Crippen molar-refractivity contribution in [3.05, 3.63) is 35.4 Å². The summed E-state index contributed by atoms with van der Waals surface area (Å²) >= 11 is 0. The average molecular weight is 223 g/mol. The lowest BCUT2D eigenvalue weighted by atomic mass is 10.1. The van der Waals surface area contributed by atoms with Crippen LogP contribution in [0.15, 0.2) is 24.3 Å². The van der Waals surface area contributed by atoms with Gasteiger partial charge in [0.2, 0.25) is 0 Å². The van der Waals surface area contributed by atoms with Gasteiger partial charge in [0.05, 0.1) is 13.2 Å². The first-order valence-corrected chi connectivity index (χ1v) is 5.84. The van der Waals surface area contributed by atoms with E-state index >= 15 is 0 Å². The molecule has 0 aliphatic carbocycles. The fraction of sp³-hybridized carbons (Fsp3) is 0.538. The van der Waals surface area contributed by atoms with E-state index in [1.165, 1.54) is 5.56 Å². The molecule has 0 spiro atoms. The molecule has 0 aromatic heterocycles. The number of benzene rings is 1. The van der Waals surface area contributed by atoms with Crippen LogP contribution in [-0.2, 0) is 17.9 Å². The van der Waals surface area contributed by atoms with Gasteiger partial charge in [0.25, 0.3) is 0 Å². The number of aliphatic hydroxyl groups excluding tert-OH is 1. The molecule has 2 N–H and O–H groups in total. The molecule has 0 bridgehead atoms. The van der Waals surface area contributed by atoms with Crippen LogP contribution >= 0.6 is 0 Å². The fourth-order valence-electron chi connectivity index (χ4n) is 1.46. The molecule has 1 rings (SSSR count). The molecule has 3 heteroatoms. The van der Waals surface area contributed by atoms with E-state index in [0.29, 0.717) is 0 Å². The predicted molar refractivity (Wildman–Crippen MR) is 65.2 cm³/mol. The van der Waals surface area contributed by atoms with Gasteiger partial charge < -0.3 is 15.2 Å². The highest BCUT2D eigenvalue weighted by atomic mass is 16.5. The third kappa shape index (κ3) is 5.26. The Balaban J connectivity index is 2.16. The SMILES string of the molecule is CCCOCCNCc1cccc(CO)c1. The molecule has 1 aromatic rings. The number of rotatable bonds is 8. The van der Waals surface area contributed by atoms with Crippen LogP contribution in [0.5, 0.6) is 0 Å². The van der Waals surface area contributed by atoms with Crippen LogP contribution in [0.3, 0.4) is 0 Å². The lowest BCUT2D eigenvalue weighted by Gasteiger charge is -2.06. The lowest BCUT2D eigenvalue weighted by Crippen LogP contribution is -2.19. The Morgan fingerprint density at radius 1 is 1.25 bits per heavy atom. The minimum absolute atomic E-state index is 0.105. The largest absolute Gasteiger partial charge is 0.392 e. The van der Waals surface area contributed by atoms with Crippen LogP contribution in [0, 0.1) is 0 Å². The maximum Gasteiger partial charge on any atom is 0.0681 e. The summed E-state index contributed by atoms with van der Waals surface area (Å²) in [6.45, 7) is 5.49. The van der Waals surface area contributed by atoms with Crippen LogP contribution in [0.4, 0.5) is 0 Å². The molecule has 0 atom stereocenters. The Hall–Kier alpha value is -0.900. The number of ether oxygens (including phenoxy) is 1. The van der Waals surface area contributed by atoms with Crippen LogP contribution in [0.25, 0.3) is 0 Å². The van der Waals surface area contributed by atoms with Gasteiger partial charge in [-0.2, -0.15) is 0 Å². The first kappa shape index (κ1) is 13.2. The predicted octanol–water partition coefficient (Wildman–Crippen LogP) is 1.70. The molecule has 1 aromatic carbocycles. The molecule has 0 saturated heterocycles. The van der Waals surface area contributed by atoms with E-state index in [1.54, 1.807) is 0 Å². The Labute approximate surface area is 97.4 Å². The standard InChI is InChI=1S/C13H21NO2/c1-2-7-16-8-6-14-10-12-4-3-5-13(9-12)11-15/h3-5,9,14-15H,2,6-8,10-11H2,1H3. The quantitative estimate of drug-likeness (QED) is 0.659. The summed E-state index contributed by atoms with van der Waals surface area (Å²) in [5, 5.41) is 12.3. The van der Waals surface area contributed by atoms with E-state index in [1.807, 2.05) is 18.2 Å². The molecule has 3 nitrogen and oxygen atoms in total. The minimum atomic E-state index is 0.105. The van der Waals surface area contributed by atoms with Gasteiger partial charge in [-0.3, -0.25) is 0 Å². The van der Waals surface area contributed by atoms with Crippen molar-refractivity contribution in [2.24, 2.45) is 0 Å². The van der Waals surface area contributed by atoms with Crippen molar-refractivity contribution in [1.29, 1.82) is 0 Å². The van der Waals surface area contributed by atoms with Gasteiger partial charge in [0.15, 0.2) is 0 Å². The maximum absolute atomic E-state index is 8.99. The van der Waals surface area contributed by atoms with Crippen molar-refractivity contribution in [1.82, 2.24) is 5.32 Å². The lowest BCUT2D eigenvalue weighted by molar-refractivity contribution is 0.136. The van der Waals surface area contributed by atoms with E-state index in [2.05, 4.69) is 18.3 Å². The second kappa shape index (κ2) is 8.28. The van der Waals surface area contributed by atoms with Gasteiger partial charge >= 0.3 is 0 Å². The van der Waals surface area contributed by atoms with E-state index in [4.69, 9.17) is 9.84 Å². The first-order valence-electron chi connectivity index (χ1n) is 5.84. The van der Waals surface area contributed by atoms with Gasteiger partial charge in [-0.1, -0.05) is 31.2 Å². The van der Waals surface area contributed by atoms with Gasteiger partial charge in [0.1, 0.15) is 0 Å². The molecule has 0 heterocycles. The van der Waals surface area contributed by atoms with E-state index in [9.17, 15) is 0 Å². The number of hydrogen-bond donors (Lipinski definition) is 2. The van der Waals surface area contributed by atoms with E-state index in [-0.39, 0.29) is 6.61 Å². The zero-order chi connectivity index (χ0) is 11.6. The Bertz CT molecular complexity index is 289. The molecule has 0 unspecified atom stereocenters.